The minimum Gasteiger partial charge on any atom is -0.493 e. The van der Waals surface area contributed by atoms with Gasteiger partial charge < -0.3 is 9.47 Å². The molecule has 0 saturated carbocycles. The summed E-state index contributed by atoms with van der Waals surface area (Å²) in [6.45, 7) is 2.62. The van der Waals surface area contributed by atoms with E-state index in [0.29, 0.717) is 34.1 Å². The summed E-state index contributed by atoms with van der Waals surface area (Å²) in [5.74, 6) is 0.749. The van der Waals surface area contributed by atoms with E-state index in [-0.39, 0.29) is 17.5 Å². The summed E-state index contributed by atoms with van der Waals surface area (Å²) in [7, 11) is 1.54. The zero-order chi connectivity index (χ0) is 21.7. The summed E-state index contributed by atoms with van der Waals surface area (Å²) >= 11 is 0.854. The van der Waals surface area contributed by atoms with Gasteiger partial charge in [-0.3, -0.25) is 24.6 Å². The average molecular weight is 428 g/mol. The molecule has 1 saturated heterocycles. The van der Waals surface area contributed by atoms with Crippen LogP contribution in [-0.4, -0.2) is 34.7 Å². The molecule has 0 aromatic heterocycles. The summed E-state index contributed by atoms with van der Waals surface area (Å²) in [5, 5.41) is 10.4. The zero-order valence-electron chi connectivity index (χ0n) is 16.5. The van der Waals surface area contributed by atoms with E-state index < -0.39 is 10.8 Å². The van der Waals surface area contributed by atoms with Gasteiger partial charge in [0.15, 0.2) is 11.5 Å². The number of hydrogen-bond acceptors (Lipinski definition) is 7. The highest BCUT2D eigenvalue weighted by molar-refractivity contribution is 8.18. The fourth-order valence-electron chi connectivity index (χ4n) is 2.80. The van der Waals surface area contributed by atoms with E-state index in [1.807, 2.05) is 6.92 Å². The van der Waals surface area contributed by atoms with Gasteiger partial charge >= 0.3 is 0 Å². The minimum atomic E-state index is -0.501. The number of non-ortho nitro benzene ring substituents is 1. The van der Waals surface area contributed by atoms with Crippen LogP contribution in [-0.2, 0) is 11.3 Å². The van der Waals surface area contributed by atoms with Gasteiger partial charge in [0.2, 0.25) is 0 Å². The molecule has 0 radical (unpaired) electrons. The molecule has 2 aromatic carbocycles. The van der Waals surface area contributed by atoms with Crippen LogP contribution in [0, 0.1) is 10.1 Å². The Bertz CT molecular complexity index is 1000. The molecule has 1 aliphatic rings. The lowest BCUT2D eigenvalue weighted by molar-refractivity contribution is -0.384. The highest BCUT2D eigenvalue weighted by atomic mass is 32.2. The summed E-state index contributed by atoms with van der Waals surface area (Å²) in [4.78, 5) is 36.7. The third-order valence-corrected chi connectivity index (χ3v) is 5.22. The predicted octanol–water partition coefficient (Wildman–Crippen LogP) is 4.63. The number of amides is 2. The Hall–Kier alpha value is -3.33. The van der Waals surface area contributed by atoms with Gasteiger partial charge in [-0.15, -0.1) is 0 Å². The van der Waals surface area contributed by atoms with Crippen molar-refractivity contribution in [3.8, 4) is 11.5 Å². The molecule has 156 valence electrons. The first kappa shape index (κ1) is 21.4. The van der Waals surface area contributed by atoms with E-state index in [9.17, 15) is 19.7 Å². The number of ether oxygens (including phenoxy) is 2. The molecule has 0 spiro atoms. The molecule has 8 nitrogen and oxygen atoms in total. The van der Waals surface area contributed by atoms with Crippen molar-refractivity contribution in [2.24, 2.45) is 0 Å². The number of nitro groups is 1. The number of imide groups is 1. The Morgan fingerprint density at radius 1 is 1.13 bits per heavy atom. The maximum atomic E-state index is 12.7. The molecule has 0 unspecified atom stereocenters. The maximum absolute atomic E-state index is 12.7. The lowest BCUT2D eigenvalue weighted by Gasteiger charge is -2.12. The topological polar surface area (TPSA) is 99.0 Å². The van der Waals surface area contributed by atoms with Crippen molar-refractivity contribution in [3.63, 3.8) is 0 Å². The number of methoxy groups -OCH3 is 1. The Morgan fingerprint density at radius 3 is 2.50 bits per heavy atom. The fraction of sp³-hybridized carbons (Fsp3) is 0.238. The lowest BCUT2D eigenvalue weighted by atomic mass is 10.1. The second-order valence-electron chi connectivity index (χ2n) is 6.45. The van der Waals surface area contributed by atoms with E-state index >= 15 is 0 Å². The predicted molar refractivity (Wildman–Crippen MR) is 113 cm³/mol. The van der Waals surface area contributed by atoms with Crippen molar-refractivity contribution in [1.82, 2.24) is 4.90 Å². The van der Waals surface area contributed by atoms with Gasteiger partial charge in [-0.1, -0.05) is 25.1 Å². The van der Waals surface area contributed by atoms with Crippen molar-refractivity contribution in [3.05, 3.63) is 68.6 Å². The molecule has 30 heavy (non-hydrogen) atoms. The van der Waals surface area contributed by atoms with Crippen LogP contribution in [0.3, 0.4) is 0 Å². The molecule has 9 heteroatoms. The van der Waals surface area contributed by atoms with Crippen LogP contribution in [0.2, 0.25) is 0 Å². The van der Waals surface area contributed by atoms with Crippen molar-refractivity contribution < 1.29 is 24.0 Å². The largest absolute Gasteiger partial charge is 0.493 e. The van der Waals surface area contributed by atoms with Gasteiger partial charge in [-0.2, -0.15) is 0 Å². The molecule has 0 bridgehead atoms. The van der Waals surface area contributed by atoms with Crippen LogP contribution in [0.15, 0.2) is 47.4 Å². The number of carbonyl (C=O) groups excluding carboxylic acids is 2. The van der Waals surface area contributed by atoms with E-state index in [2.05, 4.69) is 0 Å². The van der Waals surface area contributed by atoms with Crippen molar-refractivity contribution in [2.75, 3.05) is 13.7 Å². The lowest BCUT2D eigenvalue weighted by Crippen LogP contribution is -2.27. The van der Waals surface area contributed by atoms with Crippen LogP contribution in [0.25, 0.3) is 6.08 Å². The number of hydrogen-bond donors (Lipinski definition) is 0. The first-order valence-electron chi connectivity index (χ1n) is 9.22. The maximum Gasteiger partial charge on any atom is 0.293 e. The van der Waals surface area contributed by atoms with Crippen LogP contribution in [0.4, 0.5) is 10.5 Å². The number of nitro benzene ring substituents is 1. The molecule has 3 rings (SSSR count). The van der Waals surface area contributed by atoms with Gasteiger partial charge in [0.05, 0.1) is 30.1 Å². The molecule has 1 fully saturated rings. The number of nitrogens with zero attached hydrogens (tertiary/aromatic N) is 2. The van der Waals surface area contributed by atoms with Crippen molar-refractivity contribution in [2.45, 2.75) is 19.9 Å². The molecule has 1 heterocycles. The van der Waals surface area contributed by atoms with E-state index in [0.717, 1.165) is 23.1 Å². The Labute approximate surface area is 177 Å². The van der Waals surface area contributed by atoms with Crippen molar-refractivity contribution in [1.29, 1.82) is 0 Å². The van der Waals surface area contributed by atoms with Crippen LogP contribution < -0.4 is 9.47 Å². The summed E-state index contributed by atoms with van der Waals surface area (Å²) in [6, 6.07) is 11.1. The average Bonchev–Trinajstić information content (AvgIpc) is 3.00. The molecule has 0 atom stereocenters. The quantitative estimate of drug-likeness (QED) is 0.343. The molecule has 0 N–H and O–H groups in total. The van der Waals surface area contributed by atoms with Crippen LogP contribution >= 0.6 is 11.8 Å². The van der Waals surface area contributed by atoms with Gasteiger partial charge in [-0.25, -0.2) is 0 Å². The normalized spacial score (nSPS) is 15.0. The summed E-state index contributed by atoms with van der Waals surface area (Å²) in [6.07, 6.45) is 2.50. The number of rotatable bonds is 8. The first-order chi connectivity index (χ1) is 14.4. The molecule has 1 aliphatic heterocycles. The smallest absolute Gasteiger partial charge is 0.293 e. The molecular weight excluding hydrogens is 408 g/mol. The van der Waals surface area contributed by atoms with Gasteiger partial charge in [0.25, 0.3) is 16.8 Å². The highest BCUT2D eigenvalue weighted by Gasteiger charge is 2.35. The van der Waals surface area contributed by atoms with Gasteiger partial charge in [0, 0.05) is 12.1 Å². The Kier molecular flexibility index (Phi) is 6.73. The molecular formula is C21H20N2O6S. The minimum absolute atomic E-state index is 0.0481. The number of carbonyl (C=O) groups is 2. The summed E-state index contributed by atoms with van der Waals surface area (Å²) < 4.78 is 11.0. The van der Waals surface area contributed by atoms with E-state index in [1.165, 1.54) is 31.4 Å². The standard InChI is InChI=1S/C21H20N2O6S/c1-3-10-29-17-9-6-15(11-18(17)28-2)12-19-20(24)22(21(25)30-19)13-14-4-7-16(8-5-14)23(26)27/h4-9,11-12H,3,10,13H2,1-2H3/b19-12-. The monoisotopic (exact) mass is 428 g/mol. The molecule has 2 amide bonds. The van der Waals surface area contributed by atoms with Crippen molar-refractivity contribution >= 4 is 34.7 Å². The molecule has 0 aliphatic carbocycles. The third-order valence-electron chi connectivity index (χ3n) is 4.31. The van der Waals surface area contributed by atoms with E-state index in [4.69, 9.17) is 9.47 Å². The highest BCUT2D eigenvalue weighted by Crippen LogP contribution is 2.35. The van der Waals surface area contributed by atoms with Crippen LogP contribution in [0.1, 0.15) is 24.5 Å². The van der Waals surface area contributed by atoms with Crippen LogP contribution in [0.5, 0.6) is 11.5 Å². The molecule has 2 aromatic rings. The third kappa shape index (κ3) is 4.80. The Balaban J connectivity index is 1.76. The van der Waals surface area contributed by atoms with Gasteiger partial charge in [0.1, 0.15) is 0 Å². The first-order valence-corrected chi connectivity index (χ1v) is 10.0. The van der Waals surface area contributed by atoms with Gasteiger partial charge in [-0.05, 0) is 47.5 Å². The fourth-order valence-corrected chi connectivity index (χ4v) is 3.64. The summed E-state index contributed by atoms with van der Waals surface area (Å²) in [5.41, 5.74) is 1.29. The second kappa shape index (κ2) is 9.45. The van der Waals surface area contributed by atoms with E-state index in [1.54, 1.807) is 24.3 Å². The zero-order valence-corrected chi connectivity index (χ0v) is 17.3. The second-order valence-corrected chi connectivity index (χ2v) is 7.44. The number of benzene rings is 2. The number of thioether (sulfide) groups is 1. The SMILES string of the molecule is CCCOc1ccc(/C=C2\SC(=O)N(Cc3ccc([N+](=O)[O-])cc3)C2=O)cc1OC. The Morgan fingerprint density at radius 2 is 1.87 bits per heavy atom.